The van der Waals surface area contributed by atoms with Crippen molar-refractivity contribution in [1.82, 2.24) is 4.31 Å². The number of para-hydroxylation sites is 1. The van der Waals surface area contributed by atoms with Crippen LogP contribution in [-0.4, -0.2) is 43.4 Å². The summed E-state index contributed by atoms with van der Waals surface area (Å²) in [6.45, 7) is 2.88. The van der Waals surface area contributed by atoms with Gasteiger partial charge >= 0.3 is 0 Å². The lowest BCUT2D eigenvalue weighted by Crippen LogP contribution is -2.36. The van der Waals surface area contributed by atoms with Crippen LogP contribution in [0.3, 0.4) is 0 Å². The summed E-state index contributed by atoms with van der Waals surface area (Å²) in [5.74, 6) is 0.784. The number of sulfonamides is 1. The van der Waals surface area contributed by atoms with E-state index >= 15 is 0 Å². The van der Waals surface area contributed by atoms with Gasteiger partial charge in [0.2, 0.25) is 10.0 Å². The minimum Gasteiger partial charge on any atom is -0.493 e. The molecule has 6 heteroatoms. The lowest BCUT2D eigenvalue weighted by atomic mass is 9.84. The number of ether oxygens (including phenoxy) is 1. The Kier molecular flexibility index (Phi) is 7.93. The van der Waals surface area contributed by atoms with Gasteiger partial charge in [-0.25, -0.2) is 8.42 Å². The second-order valence-corrected chi connectivity index (χ2v) is 13.2. The fraction of sp³-hybridized carbons (Fsp3) is 0.250. The van der Waals surface area contributed by atoms with E-state index < -0.39 is 14.8 Å². The monoisotopic (exact) mass is 543 g/mol. The molecule has 3 unspecified atom stereocenters. The minimum absolute atomic E-state index is 0.00885. The molecule has 0 aromatic heterocycles. The first kappa shape index (κ1) is 26.5. The van der Waals surface area contributed by atoms with E-state index in [1.54, 1.807) is 4.31 Å². The van der Waals surface area contributed by atoms with Crippen LogP contribution in [0.25, 0.3) is 0 Å². The second-order valence-electron chi connectivity index (χ2n) is 9.80. The Labute approximate surface area is 230 Å². The number of thioether (sulfide) groups is 1. The standard InChI is InChI=1S/C32H33NO3S2/c1-25-30(24-36-29-21-13-6-14-22-29)31(23-33(25)38(2,34)35)37-32(26-15-7-3-8-16-26,27-17-9-4-10-18-27)28-19-11-5-12-20-28/h3-22,25,30-31H,23-24H2,1-2H3. The summed E-state index contributed by atoms with van der Waals surface area (Å²) in [7, 11) is -3.39. The zero-order valence-electron chi connectivity index (χ0n) is 21.7. The van der Waals surface area contributed by atoms with Gasteiger partial charge in [-0.1, -0.05) is 109 Å². The van der Waals surface area contributed by atoms with Crippen LogP contribution in [0, 0.1) is 5.92 Å². The van der Waals surface area contributed by atoms with Crippen molar-refractivity contribution < 1.29 is 13.2 Å². The van der Waals surface area contributed by atoms with Crippen LogP contribution in [0.1, 0.15) is 23.6 Å². The number of hydrogen-bond acceptors (Lipinski definition) is 4. The molecule has 1 aliphatic rings. The molecule has 3 atom stereocenters. The van der Waals surface area contributed by atoms with Crippen molar-refractivity contribution in [2.75, 3.05) is 19.4 Å². The minimum atomic E-state index is -3.39. The molecule has 4 aromatic carbocycles. The van der Waals surface area contributed by atoms with Gasteiger partial charge in [0.1, 0.15) is 5.75 Å². The lowest BCUT2D eigenvalue weighted by molar-refractivity contribution is 0.227. The molecule has 196 valence electrons. The zero-order valence-corrected chi connectivity index (χ0v) is 23.3. The van der Waals surface area contributed by atoms with Crippen molar-refractivity contribution in [3.05, 3.63) is 138 Å². The number of rotatable bonds is 9. The van der Waals surface area contributed by atoms with E-state index in [1.807, 2.05) is 67.2 Å². The molecule has 1 heterocycles. The average Bonchev–Trinajstić information content (AvgIpc) is 3.27. The summed E-state index contributed by atoms with van der Waals surface area (Å²) in [5, 5.41) is -0.0101. The molecule has 0 bridgehead atoms. The quantitative estimate of drug-likeness (QED) is 0.228. The smallest absolute Gasteiger partial charge is 0.211 e. The fourth-order valence-corrected chi connectivity index (χ4v) is 8.74. The van der Waals surface area contributed by atoms with Gasteiger partial charge < -0.3 is 4.74 Å². The zero-order chi connectivity index (χ0) is 26.6. The van der Waals surface area contributed by atoms with E-state index in [0.717, 1.165) is 22.4 Å². The number of nitrogens with zero attached hydrogens (tertiary/aromatic N) is 1. The highest BCUT2D eigenvalue weighted by atomic mass is 32.2. The Hall–Kier alpha value is -3.06. The molecule has 1 aliphatic heterocycles. The van der Waals surface area contributed by atoms with E-state index in [4.69, 9.17) is 4.74 Å². The highest BCUT2D eigenvalue weighted by Crippen LogP contribution is 2.53. The Balaban J connectivity index is 1.62. The topological polar surface area (TPSA) is 46.6 Å². The first-order chi connectivity index (χ1) is 18.4. The van der Waals surface area contributed by atoms with Gasteiger partial charge in [-0.15, -0.1) is 11.8 Å². The molecule has 1 fully saturated rings. The third-order valence-corrected chi connectivity index (χ3v) is 10.6. The van der Waals surface area contributed by atoms with Crippen LogP contribution >= 0.6 is 11.8 Å². The van der Waals surface area contributed by atoms with Gasteiger partial charge in [0.15, 0.2) is 0 Å². The maximum absolute atomic E-state index is 12.9. The molecule has 5 rings (SSSR count). The molecule has 1 saturated heterocycles. The summed E-state index contributed by atoms with van der Waals surface area (Å²) >= 11 is 1.84. The summed E-state index contributed by atoms with van der Waals surface area (Å²) in [6.07, 6.45) is 1.31. The molecule has 4 nitrogen and oxygen atoms in total. The van der Waals surface area contributed by atoms with E-state index in [1.165, 1.54) is 6.26 Å². The molecule has 0 amide bonds. The largest absolute Gasteiger partial charge is 0.493 e. The fourth-order valence-electron chi connectivity index (χ4n) is 5.47. The van der Waals surface area contributed by atoms with Gasteiger partial charge in [0.05, 0.1) is 17.6 Å². The summed E-state index contributed by atoms with van der Waals surface area (Å²) in [5.41, 5.74) is 3.49. The van der Waals surface area contributed by atoms with Gasteiger partial charge in [-0.05, 0) is 35.7 Å². The first-order valence-corrected chi connectivity index (χ1v) is 15.6. The van der Waals surface area contributed by atoms with Crippen LogP contribution in [0.4, 0.5) is 0 Å². The Morgan fingerprint density at radius 1 is 0.763 bits per heavy atom. The Morgan fingerprint density at radius 2 is 1.18 bits per heavy atom. The molecule has 0 spiro atoms. The van der Waals surface area contributed by atoms with Gasteiger partial charge in [0, 0.05) is 23.8 Å². The maximum Gasteiger partial charge on any atom is 0.211 e. The second kappa shape index (κ2) is 11.4. The third-order valence-electron chi connectivity index (χ3n) is 7.39. The van der Waals surface area contributed by atoms with Crippen molar-refractivity contribution in [3.63, 3.8) is 0 Å². The number of hydrogen-bond donors (Lipinski definition) is 0. The SMILES string of the molecule is CC1C(COc2ccccc2)C(SC(c2ccccc2)(c2ccccc2)c2ccccc2)CN1S(C)(=O)=O. The van der Waals surface area contributed by atoms with Crippen molar-refractivity contribution in [1.29, 1.82) is 0 Å². The molecular formula is C32H33NO3S2. The Bertz CT molecular complexity index is 1320. The first-order valence-electron chi connectivity index (χ1n) is 12.9. The van der Waals surface area contributed by atoms with Crippen molar-refractivity contribution >= 4 is 21.8 Å². The summed E-state index contributed by atoms with van der Waals surface area (Å²) in [6, 6.07) is 41.2. The van der Waals surface area contributed by atoms with E-state index in [0.29, 0.717) is 13.2 Å². The molecule has 0 saturated carbocycles. The Morgan fingerprint density at radius 3 is 1.61 bits per heavy atom. The average molecular weight is 544 g/mol. The van der Waals surface area contributed by atoms with Crippen LogP contribution in [0.5, 0.6) is 5.75 Å². The predicted octanol–water partition coefficient (Wildman–Crippen LogP) is 6.44. The van der Waals surface area contributed by atoms with Crippen molar-refractivity contribution in [2.45, 2.75) is 23.0 Å². The normalized spacial score (nSPS) is 20.3. The van der Waals surface area contributed by atoms with E-state index in [-0.39, 0.29) is 17.2 Å². The molecule has 0 N–H and O–H groups in total. The van der Waals surface area contributed by atoms with Crippen LogP contribution in [0.15, 0.2) is 121 Å². The third kappa shape index (κ3) is 5.39. The van der Waals surface area contributed by atoms with Crippen LogP contribution in [0.2, 0.25) is 0 Å². The molecule has 38 heavy (non-hydrogen) atoms. The maximum atomic E-state index is 12.9. The molecular weight excluding hydrogens is 510 g/mol. The van der Waals surface area contributed by atoms with E-state index in [2.05, 4.69) is 72.8 Å². The van der Waals surface area contributed by atoms with Gasteiger partial charge in [0.25, 0.3) is 0 Å². The van der Waals surface area contributed by atoms with Gasteiger partial charge in [-0.3, -0.25) is 0 Å². The van der Waals surface area contributed by atoms with Crippen LogP contribution < -0.4 is 4.74 Å². The highest BCUT2D eigenvalue weighted by molar-refractivity contribution is 8.01. The lowest BCUT2D eigenvalue weighted by Gasteiger charge is -2.38. The van der Waals surface area contributed by atoms with Crippen molar-refractivity contribution in [3.8, 4) is 5.75 Å². The molecule has 0 radical (unpaired) electrons. The van der Waals surface area contributed by atoms with Crippen LogP contribution in [-0.2, 0) is 14.8 Å². The van der Waals surface area contributed by atoms with Crippen molar-refractivity contribution in [2.24, 2.45) is 5.92 Å². The summed E-state index contributed by atoms with van der Waals surface area (Å²) < 4.78 is 33.1. The van der Waals surface area contributed by atoms with Gasteiger partial charge in [-0.2, -0.15) is 4.31 Å². The number of benzene rings is 4. The van der Waals surface area contributed by atoms with E-state index in [9.17, 15) is 8.42 Å². The summed E-state index contributed by atoms with van der Waals surface area (Å²) in [4.78, 5) is 0. The molecule has 4 aromatic rings. The predicted molar refractivity (Wildman–Crippen MR) is 157 cm³/mol. The highest BCUT2D eigenvalue weighted by Gasteiger charge is 2.49. The molecule has 0 aliphatic carbocycles.